The normalized spacial score (nSPS) is 13.6. The highest BCUT2D eigenvalue weighted by molar-refractivity contribution is 5.98. The maximum Gasteiger partial charge on any atom is 0.227 e. The Bertz CT molecular complexity index is 1770. The number of imidazole rings is 1. The average Bonchev–Trinajstić information content (AvgIpc) is 3.52. The number of para-hydroxylation sites is 1. The van der Waals surface area contributed by atoms with Crippen LogP contribution in [0.1, 0.15) is 19.3 Å². The number of nitrogens with zero attached hydrogens (tertiary/aromatic N) is 5. The summed E-state index contributed by atoms with van der Waals surface area (Å²) < 4.78 is 0. The smallest absolute Gasteiger partial charge is 0.227 e. The number of hydrogen-bond acceptors (Lipinski definition) is 6. The second-order valence-electron chi connectivity index (χ2n) is 9.27. The van der Waals surface area contributed by atoms with Gasteiger partial charge in [-0.05, 0) is 43.2 Å². The summed E-state index contributed by atoms with van der Waals surface area (Å²) in [6, 6.07) is 15.7. The van der Waals surface area contributed by atoms with Crippen molar-refractivity contribution in [1.82, 2.24) is 35.1 Å². The van der Waals surface area contributed by atoms with Crippen molar-refractivity contribution in [1.29, 1.82) is 0 Å². The molecule has 0 bridgehead atoms. The predicted octanol–water partition coefficient (Wildman–Crippen LogP) is 5.36. The lowest BCUT2D eigenvalue weighted by molar-refractivity contribution is -0.122. The van der Waals surface area contributed by atoms with E-state index in [1.165, 1.54) is 0 Å². The van der Waals surface area contributed by atoms with Crippen LogP contribution in [0.4, 0.5) is 5.69 Å². The molecule has 6 aromatic rings. The zero-order valence-corrected chi connectivity index (χ0v) is 19.8. The fourth-order valence-corrected chi connectivity index (χ4v) is 4.69. The standard InChI is InChI=1S/C28H22N8O/c37-28(16-5-3-6-16)32-18-11-17(13-29-14-18)23-12-20-24(15-31-23)35-36-26(20)27-33-22-9-4-7-19(25(22)34-27)21-8-1-2-10-30-21/h1-2,4,7-16H,3,5-6H2,(H,32,37)(H,33,34)(H,35,36). The largest absolute Gasteiger partial charge is 0.337 e. The molecule has 180 valence electrons. The van der Waals surface area contributed by atoms with Crippen LogP contribution in [0.5, 0.6) is 0 Å². The molecule has 1 aliphatic rings. The van der Waals surface area contributed by atoms with Crippen LogP contribution in [0.3, 0.4) is 0 Å². The molecule has 9 nitrogen and oxygen atoms in total. The number of hydrogen-bond donors (Lipinski definition) is 3. The zero-order valence-electron chi connectivity index (χ0n) is 19.8. The Hall–Kier alpha value is -4.92. The molecular weight excluding hydrogens is 464 g/mol. The lowest BCUT2D eigenvalue weighted by Crippen LogP contribution is -2.28. The Morgan fingerprint density at radius 1 is 0.946 bits per heavy atom. The summed E-state index contributed by atoms with van der Waals surface area (Å²) >= 11 is 0. The fraction of sp³-hybridized carbons (Fsp3) is 0.143. The first-order valence-corrected chi connectivity index (χ1v) is 12.2. The highest BCUT2D eigenvalue weighted by Gasteiger charge is 2.25. The summed E-state index contributed by atoms with van der Waals surface area (Å²) in [5.41, 5.74) is 7.26. The first kappa shape index (κ1) is 21.4. The van der Waals surface area contributed by atoms with Crippen LogP contribution in [0, 0.1) is 5.92 Å². The number of rotatable bonds is 5. The lowest BCUT2D eigenvalue weighted by Gasteiger charge is -2.24. The van der Waals surface area contributed by atoms with Gasteiger partial charge in [0.2, 0.25) is 5.91 Å². The maximum atomic E-state index is 12.4. The minimum Gasteiger partial charge on any atom is -0.337 e. The average molecular weight is 487 g/mol. The zero-order chi connectivity index (χ0) is 24.8. The quantitative estimate of drug-likeness (QED) is 0.301. The fourth-order valence-electron chi connectivity index (χ4n) is 4.69. The first-order chi connectivity index (χ1) is 18.2. The van der Waals surface area contributed by atoms with Gasteiger partial charge in [-0.25, -0.2) is 4.98 Å². The van der Waals surface area contributed by atoms with Gasteiger partial charge in [0.25, 0.3) is 0 Å². The molecule has 0 atom stereocenters. The number of carbonyl (C=O) groups excluding carboxylic acids is 1. The third-order valence-corrected chi connectivity index (χ3v) is 6.90. The van der Waals surface area contributed by atoms with Crippen molar-refractivity contribution in [3.8, 4) is 34.0 Å². The number of H-pyrrole nitrogens is 2. The maximum absolute atomic E-state index is 12.4. The van der Waals surface area contributed by atoms with Crippen molar-refractivity contribution in [3.63, 3.8) is 0 Å². The van der Waals surface area contributed by atoms with Crippen molar-refractivity contribution in [2.24, 2.45) is 5.92 Å². The summed E-state index contributed by atoms with van der Waals surface area (Å²) in [6.45, 7) is 0. The van der Waals surface area contributed by atoms with Gasteiger partial charge in [-0.2, -0.15) is 5.10 Å². The van der Waals surface area contributed by atoms with E-state index in [0.29, 0.717) is 17.2 Å². The number of benzene rings is 1. The Labute approximate surface area is 211 Å². The Kier molecular flexibility index (Phi) is 4.99. The third kappa shape index (κ3) is 3.81. The Balaban J connectivity index is 1.26. The van der Waals surface area contributed by atoms with Crippen LogP contribution < -0.4 is 5.32 Å². The second-order valence-corrected chi connectivity index (χ2v) is 9.27. The Morgan fingerprint density at radius 3 is 2.73 bits per heavy atom. The highest BCUT2D eigenvalue weighted by Crippen LogP contribution is 2.32. The topological polar surface area (TPSA) is 125 Å². The minimum absolute atomic E-state index is 0.0562. The van der Waals surface area contributed by atoms with Crippen LogP contribution in [-0.2, 0) is 4.79 Å². The van der Waals surface area contributed by atoms with E-state index < -0.39 is 0 Å². The minimum atomic E-state index is 0.0562. The molecule has 3 N–H and O–H groups in total. The molecule has 1 amide bonds. The second kappa shape index (κ2) is 8.63. The van der Waals surface area contributed by atoms with Gasteiger partial charge in [0.1, 0.15) is 5.69 Å². The highest BCUT2D eigenvalue weighted by atomic mass is 16.1. The number of aromatic nitrogens is 7. The van der Waals surface area contributed by atoms with Gasteiger partial charge in [-0.1, -0.05) is 24.6 Å². The number of anilines is 1. The van der Waals surface area contributed by atoms with Crippen LogP contribution in [-0.4, -0.2) is 41.0 Å². The van der Waals surface area contributed by atoms with Gasteiger partial charge < -0.3 is 10.3 Å². The molecule has 0 radical (unpaired) electrons. The number of pyridine rings is 3. The number of amides is 1. The summed E-state index contributed by atoms with van der Waals surface area (Å²) in [5.74, 6) is 0.815. The molecular formula is C28H22N8O. The molecule has 0 aliphatic heterocycles. The SMILES string of the molecule is O=C(Nc1cncc(-c2cc3c(-c4nc5c(-c6ccccn6)cccc5[nH]4)n[nH]c3cn2)c1)C1CCC1. The summed E-state index contributed by atoms with van der Waals surface area (Å²) in [4.78, 5) is 34.1. The van der Waals surface area contributed by atoms with Gasteiger partial charge >= 0.3 is 0 Å². The molecule has 1 saturated carbocycles. The van der Waals surface area contributed by atoms with Crippen molar-refractivity contribution in [2.75, 3.05) is 5.32 Å². The lowest BCUT2D eigenvalue weighted by atomic mass is 9.85. The molecule has 0 unspecified atom stereocenters. The monoisotopic (exact) mass is 486 g/mol. The summed E-state index contributed by atoms with van der Waals surface area (Å²) in [5, 5.41) is 11.5. The molecule has 5 heterocycles. The Morgan fingerprint density at radius 2 is 1.89 bits per heavy atom. The van der Waals surface area contributed by atoms with Crippen molar-refractivity contribution in [3.05, 3.63) is 73.3 Å². The molecule has 1 aromatic carbocycles. The van der Waals surface area contributed by atoms with Crippen LogP contribution in [0.25, 0.3) is 56.0 Å². The number of aromatic amines is 2. The molecule has 0 spiro atoms. The van der Waals surface area contributed by atoms with Crippen LogP contribution in [0.2, 0.25) is 0 Å². The number of nitrogens with one attached hydrogen (secondary N) is 3. The molecule has 0 saturated heterocycles. The first-order valence-electron chi connectivity index (χ1n) is 12.2. The summed E-state index contributed by atoms with van der Waals surface area (Å²) in [6.07, 6.45) is 9.95. The predicted molar refractivity (Wildman–Crippen MR) is 141 cm³/mol. The third-order valence-electron chi connectivity index (χ3n) is 6.90. The molecule has 7 rings (SSSR count). The van der Waals surface area contributed by atoms with Gasteiger partial charge in [-0.3, -0.25) is 24.8 Å². The van der Waals surface area contributed by atoms with E-state index in [0.717, 1.165) is 63.7 Å². The van der Waals surface area contributed by atoms with Crippen LogP contribution in [0.15, 0.2) is 73.3 Å². The van der Waals surface area contributed by atoms with Crippen molar-refractivity contribution in [2.45, 2.75) is 19.3 Å². The van der Waals surface area contributed by atoms with Crippen LogP contribution >= 0.6 is 0 Å². The van der Waals surface area contributed by atoms with Crippen molar-refractivity contribution >= 4 is 33.5 Å². The van der Waals surface area contributed by atoms with Gasteiger partial charge in [0.05, 0.1) is 46.0 Å². The van der Waals surface area contributed by atoms with Gasteiger partial charge in [-0.15, -0.1) is 0 Å². The molecule has 9 heteroatoms. The summed E-state index contributed by atoms with van der Waals surface area (Å²) in [7, 11) is 0. The van der Waals surface area contributed by atoms with E-state index in [9.17, 15) is 4.79 Å². The molecule has 1 aliphatic carbocycles. The van der Waals surface area contributed by atoms with E-state index in [2.05, 4.69) is 35.5 Å². The molecule has 1 fully saturated rings. The van der Waals surface area contributed by atoms with E-state index in [-0.39, 0.29) is 11.8 Å². The van der Waals surface area contributed by atoms with E-state index in [1.807, 2.05) is 48.5 Å². The van der Waals surface area contributed by atoms with Crippen molar-refractivity contribution < 1.29 is 4.79 Å². The van der Waals surface area contributed by atoms with Gasteiger partial charge in [0, 0.05) is 34.8 Å². The van der Waals surface area contributed by atoms with E-state index in [1.54, 1.807) is 24.8 Å². The van der Waals surface area contributed by atoms with Gasteiger partial charge in [0.15, 0.2) is 5.82 Å². The number of carbonyl (C=O) groups is 1. The van der Waals surface area contributed by atoms with E-state index in [4.69, 9.17) is 4.98 Å². The molecule has 37 heavy (non-hydrogen) atoms. The molecule has 5 aromatic heterocycles. The number of fused-ring (bicyclic) bond motifs is 2. The van der Waals surface area contributed by atoms with E-state index >= 15 is 0 Å².